The maximum atomic E-state index is 12.3. The molecule has 13 heavy (non-hydrogen) atoms. The van der Waals surface area contributed by atoms with Gasteiger partial charge in [-0.05, 0) is 12.1 Å². The highest BCUT2D eigenvalue weighted by molar-refractivity contribution is 5.16. The predicted octanol–water partition coefficient (Wildman–Crippen LogP) is 0.723. The van der Waals surface area contributed by atoms with Gasteiger partial charge < -0.3 is 15.8 Å². The van der Waals surface area contributed by atoms with E-state index in [-0.39, 0.29) is 5.69 Å². The first kappa shape index (κ1) is 10.1. The molecular weight excluding hydrogens is 185 g/mol. The van der Waals surface area contributed by atoms with Crippen molar-refractivity contribution < 1.29 is 18.3 Å². The Morgan fingerprint density at radius 1 is 1.46 bits per heavy atom. The van der Waals surface area contributed by atoms with Gasteiger partial charge in [-0.15, -0.1) is 0 Å². The molecule has 0 aliphatic carbocycles. The molecule has 1 rings (SSSR count). The number of halogens is 3. The number of aromatic amines is 1. The Hall–Kier alpha value is -1.01. The minimum atomic E-state index is -4.77. The van der Waals surface area contributed by atoms with E-state index in [0.717, 1.165) is 6.07 Å². The smallest absolute Gasteiger partial charge is 0.374 e. The molecule has 1 aromatic heterocycles. The molecule has 0 saturated carbocycles. The molecule has 74 valence electrons. The SMILES string of the molecule is NCC(O)(c1ccc[nH]1)C(F)(F)F. The van der Waals surface area contributed by atoms with Crippen molar-refractivity contribution in [3.05, 3.63) is 24.0 Å². The summed E-state index contributed by atoms with van der Waals surface area (Å²) in [4.78, 5) is 2.29. The highest BCUT2D eigenvalue weighted by Gasteiger charge is 2.54. The van der Waals surface area contributed by atoms with Crippen molar-refractivity contribution in [2.45, 2.75) is 11.8 Å². The summed E-state index contributed by atoms with van der Waals surface area (Å²) in [6.45, 7) is -0.906. The fraction of sp³-hybridized carbons (Fsp3) is 0.429. The first-order valence-electron chi connectivity index (χ1n) is 3.55. The average Bonchev–Trinajstić information content (AvgIpc) is 2.52. The standard InChI is InChI=1S/C7H9F3N2O/c8-7(9,10)6(13,4-11)5-2-1-3-12-5/h1-3,12-13H,4,11H2. The third-order valence-corrected chi connectivity index (χ3v) is 1.81. The van der Waals surface area contributed by atoms with E-state index in [9.17, 15) is 18.3 Å². The highest BCUT2D eigenvalue weighted by Crippen LogP contribution is 2.36. The predicted molar refractivity (Wildman–Crippen MR) is 39.8 cm³/mol. The second-order valence-corrected chi connectivity index (χ2v) is 2.65. The Morgan fingerprint density at radius 2 is 2.08 bits per heavy atom. The fourth-order valence-corrected chi connectivity index (χ4v) is 0.966. The Kier molecular flexibility index (Phi) is 2.36. The van der Waals surface area contributed by atoms with Crippen molar-refractivity contribution in [3.8, 4) is 0 Å². The molecule has 0 radical (unpaired) electrons. The lowest BCUT2D eigenvalue weighted by Gasteiger charge is -2.27. The topological polar surface area (TPSA) is 62.0 Å². The van der Waals surface area contributed by atoms with Gasteiger partial charge >= 0.3 is 6.18 Å². The first-order chi connectivity index (χ1) is 5.92. The van der Waals surface area contributed by atoms with Gasteiger partial charge in [0.15, 0.2) is 0 Å². The molecule has 0 bridgehead atoms. The lowest BCUT2D eigenvalue weighted by molar-refractivity contribution is -0.263. The van der Waals surface area contributed by atoms with Gasteiger partial charge in [0.05, 0.1) is 5.69 Å². The van der Waals surface area contributed by atoms with Gasteiger partial charge in [0.25, 0.3) is 0 Å². The normalized spacial score (nSPS) is 17.0. The van der Waals surface area contributed by atoms with E-state index in [4.69, 9.17) is 5.73 Å². The largest absolute Gasteiger partial charge is 0.424 e. The third kappa shape index (κ3) is 1.54. The summed E-state index contributed by atoms with van der Waals surface area (Å²) in [7, 11) is 0. The average molecular weight is 194 g/mol. The monoisotopic (exact) mass is 194 g/mol. The van der Waals surface area contributed by atoms with Crippen LogP contribution in [-0.4, -0.2) is 22.8 Å². The maximum Gasteiger partial charge on any atom is 0.424 e. The van der Waals surface area contributed by atoms with Gasteiger partial charge in [-0.25, -0.2) is 0 Å². The number of aromatic nitrogens is 1. The van der Waals surface area contributed by atoms with E-state index in [1.54, 1.807) is 0 Å². The molecule has 1 unspecified atom stereocenters. The van der Waals surface area contributed by atoms with E-state index < -0.39 is 18.3 Å². The minimum absolute atomic E-state index is 0.345. The molecule has 0 aliphatic heterocycles. The molecule has 0 aromatic carbocycles. The van der Waals surface area contributed by atoms with Crippen molar-refractivity contribution in [2.75, 3.05) is 6.54 Å². The van der Waals surface area contributed by atoms with Crippen LogP contribution >= 0.6 is 0 Å². The molecule has 6 heteroatoms. The summed E-state index contributed by atoms with van der Waals surface area (Å²) < 4.78 is 37.0. The quantitative estimate of drug-likeness (QED) is 0.649. The summed E-state index contributed by atoms with van der Waals surface area (Å²) in [5, 5.41) is 9.24. The molecule has 1 atom stereocenters. The van der Waals surface area contributed by atoms with Crippen molar-refractivity contribution in [3.63, 3.8) is 0 Å². The van der Waals surface area contributed by atoms with Crippen molar-refractivity contribution in [1.29, 1.82) is 0 Å². The van der Waals surface area contributed by atoms with Gasteiger partial charge in [-0.3, -0.25) is 0 Å². The van der Waals surface area contributed by atoms with Gasteiger partial charge in [-0.2, -0.15) is 13.2 Å². The molecule has 3 nitrogen and oxygen atoms in total. The first-order valence-corrected chi connectivity index (χ1v) is 3.55. The Morgan fingerprint density at radius 3 is 2.38 bits per heavy atom. The van der Waals surface area contributed by atoms with Crippen LogP contribution in [0.5, 0.6) is 0 Å². The van der Waals surface area contributed by atoms with E-state index in [0.29, 0.717) is 0 Å². The zero-order valence-electron chi connectivity index (χ0n) is 6.60. The number of hydrogen-bond donors (Lipinski definition) is 3. The fourth-order valence-electron chi connectivity index (χ4n) is 0.966. The number of nitrogens with one attached hydrogen (secondary N) is 1. The molecule has 1 aromatic rings. The second kappa shape index (κ2) is 3.04. The van der Waals surface area contributed by atoms with Crippen LogP contribution in [0.1, 0.15) is 5.69 Å². The number of hydrogen-bond acceptors (Lipinski definition) is 2. The molecule has 0 spiro atoms. The molecule has 0 amide bonds. The molecular formula is C7H9F3N2O. The lowest BCUT2D eigenvalue weighted by Crippen LogP contribution is -2.48. The molecule has 0 aliphatic rings. The van der Waals surface area contributed by atoms with E-state index in [1.807, 2.05) is 0 Å². The maximum absolute atomic E-state index is 12.3. The van der Waals surface area contributed by atoms with Crippen LogP contribution in [0, 0.1) is 0 Å². The minimum Gasteiger partial charge on any atom is -0.374 e. The zero-order chi connectivity index (χ0) is 10.1. The van der Waals surface area contributed by atoms with E-state index in [2.05, 4.69) is 4.98 Å². The molecule has 0 saturated heterocycles. The van der Waals surface area contributed by atoms with Crippen LogP contribution in [0.4, 0.5) is 13.2 Å². The lowest BCUT2D eigenvalue weighted by atomic mass is 10.00. The Labute approximate surface area is 72.4 Å². The van der Waals surface area contributed by atoms with Crippen molar-refractivity contribution in [1.82, 2.24) is 4.98 Å². The van der Waals surface area contributed by atoms with Crippen molar-refractivity contribution in [2.24, 2.45) is 5.73 Å². The summed E-state index contributed by atoms with van der Waals surface area (Å²) in [5.74, 6) is 0. The van der Waals surface area contributed by atoms with Gasteiger partial charge in [0.2, 0.25) is 5.60 Å². The summed E-state index contributed by atoms with van der Waals surface area (Å²) in [6.07, 6.45) is -3.48. The zero-order valence-corrected chi connectivity index (χ0v) is 6.60. The molecule has 1 heterocycles. The number of alkyl halides is 3. The second-order valence-electron chi connectivity index (χ2n) is 2.65. The summed E-state index contributed by atoms with van der Waals surface area (Å²) in [6, 6.07) is 2.50. The van der Waals surface area contributed by atoms with Crippen LogP contribution in [0.3, 0.4) is 0 Å². The molecule has 4 N–H and O–H groups in total. The van der Waals surface area contributed by atoms with E-state index in [1.165, 1.54) is 12.3 Å². The third-order valence-electron chi connectivity index (χ3n) is 1.81. The van der Waals surface area contributed by atoms with Gasteiger partial charge in [0.1, 0.15) is 0 Å². The number of nitrogens with two attached hydrogens (primary N) is 1. The van der Waals surface area contributed by atoms with Gasteiger partial charge in [-0.1, -0.05) is 0 Å². The Bertz CT molecular complexity index is 270. The molecule has 0 fully saturated rings. The summed E-state index contributed by atoms with van der Waals surface area (Å²) >= 11 is 0. The van der Waals surface area contributed by atoms with Crippen LogP contribution in [0.2, 0.25) is 0 Å². The highest BCUT2D eigenvalue weighted by atomic mass is 19.4. The number of rotatable bonds is 2. The number of H-pyrrole nitrogens is 1. The van der Waals surface area contributed by atoms with Crippen LogP contribution < -0.4 is 5.73 Å². The summed E-state index contributed by atoms with van der Waals surface area (Å²) in [5.41, 5.74) is 1.57. The van der Waals surface area contributed by atoms with Crippen LogP contribution in [0.25, 0.3) is 0 Å². The number of aliphatic hydroxyl groups is 1. The van der Waals surface area contributed by atoms with Gasteiger partial charge in [0, 0.05) is 12.7 Å². The van der Waals surface area contributed by atoms with Crippen LogP contribution in [-0.2, 0) is 5.60 Å². The Balaban J connectivity index is 3.09. The van der Waals surface area contributed by atoms with E-state index >= 15 is 0 Å². The van der Waals surface area contributed by atoms with Crippen molar-refractivity contribution >= 4 is 0 Å². The van der Waals surface area contributed by atoms with Crippen LogP contribution in [0.15, 0.2) is 18.3 Å².